The van der Waals surface area contributed by atoms with Gasteiger partial charge in [0, 0.05) is 20.1 Å². The standard InChI is InChI=1S/C12H25N3O2/c1-6-12(4,7-13)10(17)15-8-11(2,3)9(16)14-5/h6-8,13H2,1-5H3,(H,14,16)(H,15,17). The molecule has 1 unspecified atom stereocenters. The fourth-order valence-corrected chi connectivity index (χ4v) is 1.33. The lowest BCUT2D eigenvalue weighted by molar-refractivity contribution is -0.132. The van der Waals surface area contributed by atoms with Gasteiger partial charge in [-0.15, -0.1) is 0 Å². The summed E-state index contributed by atoms with van der Waals surface area (Å²) in [5.74, 6) is -0.191. The highest BCUT2D eigenvalue weighted by atomic mass is 16.2. The van der Waals surface area contributed by atoms with E-state index in [0.29, 0.717) is 19.5 Å². The maximum Gasteiger partial charge on any atom is 0.227 e. The van der Waals surface area contributed by atoms with Gasteiger partial charge in [-0.1, -0.05) is 6.92 Å². The largest absolute Gasteiger partial charge is 0.359 e. The van der Waals surface area contributed by atoms with Gasteiger partial charge in [0.2, 0.25) is 11.8 Å². The van der Waals surface area contributed by atoms with Crippen molar-refractivity contribution in [2.45, 2.75) is 34.1 Å². The summed E-state index contributed by atoms with van der Waals surface area (Å²) < 4.78 is 0. The van der Waals surface area contributed by atoms with Gasteiger partial charge in [0.05, 0.1) is 10.8 Å². The molecule has 0 radical (unpaired) electrons. The molecule has 0 rings (SSSR count). The van der Waals surface area contributed by atoms with Crippen LogP contribution in [-0.2, 0) is 9.59 Å². The van der Waals surface area contributed by atoms with E-state index in [1.807, 2.05) is 13.8 Å². The highest BCUT2D eigenvalue weighted by molar-refractivity contribution is 5.85. The van der Waals surface area contributed by atoms with E-state index in [0.717, 1.165) is 0 Å². The van der Waals surface area contributed by atoms with Crippen molar-refractivity contribution in [3.8, 4) is 0 Å². The van der Waals surface area contributed by atoms with Gasteiger partial charge in [0.25, 0.3) is 0 Å². The molecular formula is C12H25N3O2. The van der Waals surface area contributed by atoms with Crippen LogP contribution in [0.5, 0.6) is 0 Å². The van der Waals surface area contributed by atoms with E-state index in [9.17, 15) is 9.59 Å². The van der Waals surface area contributed by atoms with E-state index in [4.69, 9.17) is 5.73 Å². The first-order valence-electron chi connectivity index (χ1n) is 5.94. The Balaban J connectivity index is 4.48. The van der Waals surface area contributed by atoms with Gasteiger partial charge in [-0.2, -0.15) is 0 Å². The second kappa shape index (κ2) is 6.00. The Kier molecular flexibility index (Phi) is 5.61. The minimum atomic E-state index is -0.617. The molecule has 0 bridgehead atoms. The van der Waals surface area contributed by atoms with Crippen LogP contribution >= 0.6 is 0 Å². The van der Waals surface area contributed by atoms with Crippen molar-refractivity contribution in [3.63, 3.8) is 0 Å². The number of nitrogens with one attached hydrogen (secondary N) is 2. The van der Waals surface area contributed by atoms with E-state index < -0.39 is 10.8 Å². The first-order valence-corrected chi connectivity index (χ1v) is 5.94. The molecule has 5 heteroatoms. The second-order valence-corrected chi connectivity index (χ2v) is 5.26. The molecule has 0 aliphatic carbocycles. The third-order valence-electron chi connectivity index (χ3n) is 3.31. The molecule has 0 aliphatic heterocycles. The number of hydrogen-bond donors (Lipinski definition) is 3. The molecule has 0 spiro atoms. The SMILES string of the molecule is CCC(C)(CN)C(=O)NCC(C)(C)C(=O)NC. The molecular weight excluding hydrogens is 218 g/mol. The van der Waals surface area contributed by atoms with Gasteiger partial charge in [0.15, 0.2) is 0 Å². The van der Waals surface area contributed by atoms with E-state index >= 15 is 0 Å². The van der Waals surface area contributed by atoms with E-state index in [1.54, 1.807) is 20.9 Å². The molecule has 100 valence electrons. The second-order valence-electron chi connectivity index (χ2n) is 5.26. The first-order chi connectivity index (χ1) is 7.73. The predicted molar refractivity (Wildman–Crippen MR) is 68.3 cm³/mol. The van der Waals surface area contributed by atoms with E-state index in [2.05, 4.69) is 10.6 Å². The summed E-state index contributed by atoms with van der Waals surface area (Å²) in [5.41, 5.74) is 4.43. The number of carbonyl (C=O) groups excluding carboxylic acids is 2. The molecule has 4 N–H and O–H groups in total. The van der Waals surface area contributed by atoms with Crippen LogP contribution in [-0.4, -0.2) is 32.0 Å². The third kappa shape index (κ3) is 4.00. The van der Waals surface area contributed by atoms with Crippen LogP contribution in [0.25, 0.3) is 0 Å². The topological polar surface area (TPSA) is 84.2 Å². The van der Waals surface area contributed by atoms with Crippen molar-refractivity contribution >= 4 is 11.8 Å². The summed E-state index contributed by atoms with van der Waals surface area (Å²) in [4.78, 5) is 23.5. The quantitative estimate of drug-likeness (QED) is 0.625. The maximum absolute atomic E-state index is 12.0. The summed E-state index contributed by atoms with van der Waals surface area (Å²) in [6.07, 6.45) is 0.676. The minimum Gasteiger partial charge on any atom is -0.359 e. The lowest BCUT2D eigenvalue weighted by atomic mass is 9.85. The Labute approximate surface area is 104 Å². The zero-order valence-electron chi connectivity index (χ0n) is 11.5. The molecule has 0 aromatic heterocycles. The lowest BCUT2D eigenvalue weighted by Crippen LogP contribution is -2.49. The van der Waals surface area contributed by atoms with Crippen LogP contribution in [0.1, 0.15) is 34.1 Å². The third-order valence-corrected chi connectivity index (χ3v) is 3.31. The molecule has 5 nitrogen and oxygen atoms in total. The van der Waals surface area contributed by atoms with E-state index in [1.165, 1.54) is 0 Å². The van der Waals surface area contributed by atoms with Crippen LogP contribution in [0, 0.1) is 10.8 Å². The maximum atomic E-state index is 12.0. The zero-order chi connectivity index (χ0) is 13.7. The Bertz CT molecular complexity index is 283. The van der Waals surface area contributed by atoms with Gasteiger partial charge in [-0.05, 0) is 27.2 Å². The zero-order valence-corrected chi connectivity index (χ0v) is 11.5. The van der Waals surface area contributed by atoms with Crippen molar-refractivity contribution in [1.29, 1.82) is 0 Å². The van der Waals surface area contributed by atoms with Gasteiger partial charge in [0.1, 0.15) is 0 Å². The molecule has 17 heavy (non-hydrogen) atoms. The van der Waals surface area contributed by atoms with Crippen molar-refractivity contribution < 1.29 is 9.59 Å². The summed E-state index contributed by atoms with van der Waals surface area (Å²) >= 11 is 0. The Morgan fingerprint density at radius 1 is 1.18 bits per heavy atom. The molecule has 0 aliphatic rings. The number of hydrogen-bond acceptors (Lipinski definition) is 3. The normalized spacial score (nSPS) is 14.9. The van der Waals surface area contributed by atoms with Crippen LogP contribution in [0.2, 0.25) is 0 Å². The predicted octanol–water partition coefficient (Wildman–Crippen LogP) is 0.250. The molecule has 0 saturated heterocycles. The first kappa shape index (κ1) is 15.9. The van der Waals surface area contributed by atoms with Crippen molar-refractivity contribution in [1.82, 2.24) is 10.6 Å². The summed E-state index contributed by atoms with van der Waals surface area (Å²) in [6.45, 7) is 7.94. The highest BCUT2D eigenvalue weighted by Gasteiger charge is 2.33. The molecule has 0 aromatic rings. The average Bonchev–Trinajstić information content (AvgIpc) is 2.33. The molecule has 0 aromatic carbocycles. The Morgan fingerprint density at radius 3 is 2.06 bits per heavy atom. The van der Waals surface area contributed by atoms with E-state index in [-0.39, 0.29) is 11.8 Å². The van der Waals surface area contributed by atoms with Crippen LogP contribution < -0.4 is 16.4 Å². The smallest absolute Gasteiger partial charge is 0.227 e. The van der Waals surface area contributed by atoms with Crippen LogP contribution in [0.3, 0.4) is 0 Å². The molecule has 2 amide bonds. The molecule has 1 atom stereocenters. The monoisotopic (exact) mass is 243 g/mol. The number of rotatable bonds is 6. The minimum absolute atomic E-state index is 0.0937. The number of carbonyl (C=O) groups is 2. The Morgan fingerprint density at radius 2 is 1.71 bits per heavy atom. The van der Waals surface area contributed by atoms with Gasteiger partial charge in [-0.25, -0.2) is 0 Å². The molecule has 0 heterocycles. The van der Waals surface area contributed by atoms with Crippen LogP contribution in [0.4, 0.5) is 0 Å². The number of nitrogens with two attached hydrogens (primary N) is 1. The Hall–Kier alpha value is -1.10. The summed E-state index contributed by atoms with van der Waals surface area (Å²) in [5, 5.41) is 5.38. The van der Waals surface area contributed by atoms with Crippen molar-refractivity contribution in [2.24, 2.45) is 16.6 Å². The average molecular weight is 243 g/mol. The molecule has 0 saturated carbocycles. The van der Waals surface area contributed by atoms with Crippen LogP contribution in [0.15, 0.2) is 0 Å². The highest BCUT2D eigenvalue weighted by Crippen LogP contribution is 2.20. The fraction of sp³-hybridized carbons (Fsp3) is 0.833. The van der Waals surface area contributed by atoms with Crippen molar-refractivity contribution in [2.75, 3.05) is 20.1 Å². The fourth-order valence-electron chi connectivity index (χ4n) is 1.33. The summed E-state index contributed by atoms with van der Waals surface area (Å²) in [7, 11) is 1.59. The summed E-state index contributed by atoms with van der Waals surface area (Å²) in [6, 6.07) is 0. The number of amides is 2. The van der Waals surface area contributed by atoms with Gasteiger partial charge >= 0.3 is 0 Å². The molecule has 0 fully saturated rings. The lowest BCUT2D eigenvalue weighted by Gasteiger charge is -2.28. The van der Waals surface area contributed by atoms with Crippen molar-refractivity contribution in [3.05, 3.63) is 0 Å². The van der Waals surface area contributed by atoms with Gasteiger partial charge < -0.3 is 16.4 Å². The van der Waals surface area contributed by atoms with Gasteiger partial charge in [-0.3, -0.25) is 9.59 Å².